The molecule has 0 heterocycles. The van der Waals surface area contributed by atoms with Crippen molar-refractivity contribution in [2.24, 2.45) is 0 Å². The Morgan fingerprint density at radius 3 is 2.28 bits per heavy atom. The zero-order valence-corrected chi connectivity index (χ0v) is 9.15. The molecule has 0 saturated heterocycles. The molecule has 2 unspecified atom stereocenters. The minimum Gasteiger partial charge on any atom is -0.508 e. The average Bonchev–Trinajstić information content (AvgIpc) is 2.27. The van der Waals surface area contributed by atoms with E-state index in [0.29, 0.717) is 0 Å². The quantitative estimate of drug-likeness (QED) is 0.498. The number of phenols is 1. The molecule has 0 spiro atoms. The molecule has 0 radical (unpaired) electrons. The third kappa shape index (κ3) is 3.19. The lowest BCUT2D eigenvalue weighted by Crippen LogP contribution is -2.22. The van der Waals surface area contributed by atoms with Crippen molar-refractivity contribution < 1.29 is 35.1 Å². The number of benzene rings is 1. The van der Waals surface area contributed by atoms with Gasteiger partial charge in [0.25, 0.3) is 0 Å². The summed E-state index contributed by atoms with van der Waals surface area (Å²) in [6.07, 6.45) is -4.05. The maximum Gasteiger partial charge on any atom is 0.335 e. The van der Waals surface area contributed by atoms with Gasteiger partial charge in [0.2, 0.25) is 0 Å². The zero-order valence-electron chi connectivity index (χ0n) is 9.15. The predicted octanol–water partition coefficient (Wildman–Crippen LogP) is -0.0406. The highest BCUT2D eigenvalue weighted by molar-refractivity contribution is 5.88. The smallest absolute Gasteiger partial charge is 0.335 e. The number of carboxylic acid groups (broad SMARTS) is 2. The first kappa shape index (κ1) is 13.9. The van der Waals surface area contributed by atoms with Crippen molar-refractivity contribution in [3.63, 3.8) is 0 Å². The van der Waals surface area contributed by atoms with Crippen LogP contribution in [0.5, 0.6) is 5.75 Å². The predicted molar refractivity (Wildman–Crippen MR) is 58.3 cm³/mol. The molecule has 5 N–H and O–H groups in total. The second-order valence-corrected chi connectivity index (χ2v) is 3.69. The van der Waals surface area contributed by atoms with Crippen molar-refractivity contribution >= 4 is 11.9 Å². The highest BCUT2D eigenvalue weighted by atomic mass is 16.4. The molecule has 7 nitrogen and oxygen atoms in total. The summed E-state index contributed by atoms with van der Waals surface area (Å²) in [6, 6.07) is 3.15. The molecule has 0 aliphatic heterocycles. The molecule has 2 atom stereocenters. The van der Waals surface area contributed by atoms with Crippen LogP contribution in [-0.2, 0) is 4.79 Å². The van der Waals surface area contributed by atoms with E-state index >= 15 is 0 Å². The van der Waals surface area contributed by atoms with Gasteiger partial charge >= 0.3 is 11.9 Å². The molecule has 0 bridgehead atoms. The molecule has 0 aromatic heterocycles. The maximum atomic E-state index is 10.7. The molecule has 0 saturated carbocycles. The number of hydrogen-bond donors (Lipinski definition) is 5. The van der Waals surface area contributed by atoms with Crippen molar-refractivity contribution in [2.45, 2.75) is 18.6 Å². The van der Waals surface area contributed by atoms with Crippen molar-refractivity contribution in [3.05, 3.63) is 29.3 Å². The number of rotatable bonds is 5. The van der Waals surface area contributed by atoms with E-state index < -0.39 is 36.3 Å². The van der Waals surface area contributed by atoms with E-state index in [9.17, 15) is 24.9 Å². The van der Waals surface area contributed by atoms with Crippen LogP contribution < -0.4 is 0 Å². The lowest BCUT2D eigenvalue weighted by molar-refractivity contribution is -0.141. The number of carbonyl (C=O) groups is 2. The minimum atomic E-state index is -1.68. The Bertz CT molecular complexity index is 468. The monoisotopic (exact) mass is 256 g/mol. The fourth-order valence-corrected chi connectivity index (χ4v) is 1.42. The molecule has 7 heteroatoms. The van der Waals surface area contributed by atoms with E-state index in [1.54, 1.807) is 0 Å². The normalized spacial score (nSPS) is 13.9. The zero-order chi connectivity index (χ0) is 13.9. The number of aliphatic hydroxyl groups excluding tert-OH is 2. The molecule has 0 amide bonds. The van der Waals surface area contributed by atoms with Gasteiger partial charge in [-0.3, -0.25) is 4.79 Å². The van der Waals surface area contributed by atoms with Gasteiger partial charge in [-0.15, -0.1) is 0 Å². The van der Waals surface area contributed by atoms with Crippen LogP contribution >= 0.6 is 0 Å². The van der Waals surface area contributed by atoms with Crippen molar-refractivity contribution in [1.82, 2.24) is 0 Å². The SMILES string of the molecule is O=C(O)CC(O)C(O)c1cc(C(=O)O)ccc1O. The van der Waals surface area contributed by atoms with Gasteiger partial charge in [-0.05, 0) is 18.2 Å². The average molecular weight is 256 g/mol. The Labute approximate surface area is 102 Å². The van der Waals surface area contributed by atoms with Gasteiger partial charge < -0.3 is 25.5 Å². The fraction of sp³-hybridized carbons (Fsp3) is 0.273. The highest BCUT2D eigenvalue weighted by Gasteiger charge is 2.24. The molecule has 1 aromatic carbocycles. The van der Waals surface area contributed by atoms with Gasteiger partial charge in [0, 0.05) is 5.56 Å². The number of hydrogen-bond acceptors (Lipinski definition) is 5. The lowest BCUT2D eigenvalue weighted by atomic mass is 9.99. The first-order chi connectivity index (χ1) is 8.32. The van der Waals surface area contributed by atoms with Crippen LogP contribution in [-0.4, -0.2) is 43.6 Å². The van der Waals surface area contributed by atoms with E-state index in [-0.39, 0.29) is 11.1 Å². The summed E-state index contributed by atoms with van der Waals surface area (Å²) in [7, 11) is 0. The van der Waals surface area contributed by atoms with Crippen LogP contribution in [0.25, 0.3) is 0 Å². The van der Waals surface area contributed by atoms with Gasteiger partial charge in [-0.1, -0.05) is 0 Å². The van der Waals surface area contributed by atoms with Crippen LogP contribution in [0.4, 0.5) is 0 Å². The molecular formula is C11H12O7. The Hall–Kier alpha value is -2.12. The summed E-state index contributed by atoms with van der Waals surface area (Å²) in [5.74, 6) is -3.01. The van der Waals surface area contributed by atoms with E-state index in [4.69, 9.17) is 10.2 Å². The summed E-state index contributed by atoms with van der Waals surface area (Å²) in [5.41, 5.74) is -0.423. The number of aromatic carboxylic acids is 1. The third-order valence-corrected chi connectivity index (χ3v) is 2.34. The second-order valence-electron chi connectivity index (χ2n) is 3.69. The Kier molecular flexibility index (Phi) is 4.24. The molecule has 18 heavy (non-hydrogen) atoms. The Balaban J connectivity index is 3.03. The summed E-state index contributed by atoms with van der Waals surface area (Å²) in [6.45, 7) is 0. The van der Waals surface area contributed by atoms with E-state index in [1.807, 2.05) is 0 Å². The summed E-state index contributed by atoms with van der Waals surface area (Å²) in [5, 5.41) is 45.7. The molecule has 1 rings (SSSR count). The molecule has 0 aliphatic carbocycles. The van der Waals surface area contributed by atoms with Crippen molar-refractivity contribution in [3.8, 4) is 5.75 Å². The van der Waals surface area contributed by atoms with Crippen molar-refractivity contribution in [1.29, 1.82) is 0 Å². The van der Waals surface area contributed by atoms with Crippen LogP contribution in [0.2, 0.25) is 0 Å². The van der Waals surface area contributed by atoms with Crippen LogP contribution in [0.1, 0.15) is 28.4 Å². The number of aliphatic hydroxyl groups is 2. The number of carboxylic acids is 2. The summed E-state index contributed by atoms with van der Waals surface area (Å²) in [4.78, 5) is 21.1. The lowest BCUT2D eigenvalue weighted by Gasteiger charge is -2.17. The van der Waals surface area contributed by atoms with Gasteiger partial charge in [-0.2, -0.15) is 0 Å². The first-order valence-corrected chi connectivity index (χ1v) is 4.97. The summed E-state index contributed by atoms with van der Waals surface area (Å²) >= 11 is 0. The molecule has 1 aromatic rings. The summed E-state index contributed by atoms with van der Waals surface area (Å²) < 4.78 is 0. The Morgan fingerprint density at radius 2 is 1.78 bits per heavy atom. The molecule has 0 fully saturated rings. The van der Waals surface area contributed by atoms with Gasteiger partial charge in [-0.25, -0.2) is 4.79 Å². The molecular weight excluding hydrogens is 244 g/mol. The minimum absolute atomic E-state index is 0.190. The van der Waals surface area contributed by atoms with Gasteiger partial charge in [0.1, 0.15) is 11.9 Å². The molecule has 0 aliphatic rings. The highest BCUT2D eigenvalue weighted by Crippen LogP contribution is 2.28. The standard InChI is InChI=1S/C11H12O7/c12-7-2-1-5(11(17)18)3-6(7)10(16)8(13)4-9(14)15/h1-3,8,10,12-13,16H,4H2,(H,14,15)(H,17,18). The van der Waals surface area contributed by atoms with Crippen LogP contribution in [0.15, 0.2) is 18.2 Å². The topological polar surface area (TPSA) is 135 Å². The fourth-order valence-electron chi connectivity index (χ4n) is 1.42. The largest absolute Gasteiger partial charge is 0.508 e. The number of phenolic OH excluding ortho intramolecular Hbond substituents is 1. The maximum absolute atomic E-state index is 10.7. The van der Waals surface area contributed by atoms with Gasteiger partial charge in [0.05, 0.1) is 18.1 Å². The van der Waals surface area contributed by atoms with Crippen molar-refractivity contribution in [2.75, 3.05) is 0 Å². The van der Waals surface area contributed by atoms with E-state index in [2.05, 4.69) is 0 Å². The van der Waals surface area contributed by atoms with E-state index in [0.717, 1.165) is 18.2 Å². The van der Waals surface area contributed by atoms with Crippen LogP contribution in [0, 0.1) is 0 Å². The first-order valence-electron chi connectivity index (χ1n) is 4.97. The number of aromatic hydroxyl groups is 1. The second kappa shape index (κ2) is 5.48. The van der Waals surface area contributed by atoms with Gasteiger partial charge in [0.15, 0.2) is 0 Å². The number of aliphatic carboxylic acids is 1. The Morgan fingerprint density at radius 1 is 1.17 bits per heavy atom. The molecule has 98 valence electrons. The third-order valence-electron chi connectivity index (χ3n) is 2.34. The van der Waals surface area contributed by atoms with E-state index in [1.165, 1.54) is 0 Å². The van der Waals surface area contributed by atoms with Crippen LogP contribution in [0.3, 0.4) is 0 Å².